The highest BCUT2D eigenvalue weighted by Crippen LogP contribution is 2.18. The molecule has 0 aliphatic carbocycles. The molecule has 0 radical (unpaired) electrons. The number of unbranched alkanes of at least 4 members (excludes halogenated alkanes) is 40. The first kappa shape index (κ1) is 82.3. The van der Waals surface area contributed by atoms with Crippen LogP contribution in [-0.2, 0) is 19.1 Å². The van der Waals surface area contributed by atoms with E-state index in [1.54, 1.807) is 0 Å². The van der Waals surface area contributed by atoms with Crippen molar-refractivity contribution in [3.8, 4) is 0 Å². The Hall–Kier alpha value is -3.70. The Morgan fingerprint density at radius 2 is 0.500 bits per heavy atom. The van der Waals surface area contributed by atoms with Crippen molar-refractivity contribution in [3.05, 3.63) is 122 Å². The van der Waals surface area contributed by atoms with Gasteiger partial charge in [-0.25, -0.2) is 0 Å². The third-order valence-electron chi connectivity index (χ3n) is 16.3. The lowest BCUT2D eigenvalue weighted by atomic mass is 10.0. The first-order valence-corrected chi connectivity index (χ1v) is 37.1. The van der Waals surface area contributed by atoms with Crippen LogP contribution in [0.1, 0.15) is 361 Å². The monoisotopic (exact) mass is 1190 g/mol. The molecule has 0 aromatic rings. The summed E-state index contributed by atoms with van der Waals surface area (Å²) >= 11 is 0. The van der Waals surface area contributed by atoms with Crippen molar-refractivity contribution >= 4 is 11.9 Å². The van der Waals surface area contributed by atoms with Crippen molar-refractivity contribution < 1.29 is 24.2 Å². The second-order valence-electron chi connectivity index (χ2n) is 24.7. The van der Waals surface area contributed by atoms with Crippen molar-refractivity contribution in [1.82, 2.24) is 0 Å². The zero-order valence-electron chi connectivity index (χ0n) is 56.8. The average molecular weight is 1190 g/mol. The predicted octanol–water partition coefficient (Wildman–Crippen LogP) is 26.1. The molecule has 1 unspecified atom stereocenters. The fourth-order valence-electron chi connectivity index (χ4n) is 10.8. The molecule has 1 N–H and O–H groups in total. The second-order valence-corrected chi connectivity index (χ2v) is 24.7. The van der Waals surface area contributed by atoms with Gasteiger partial charge in [0.25, 0.3) is 0 Å². The SMILES string of the molecule is CC/C=C\C/C=C\C/C=C\C/C=C\C/C=C\C/C=C\C/C=C\C/C=C\C/C=C\C/C=C\CCCCCCCCCCC(=O)OC(CO)COC(=O)CCCCCCCCCCCCCCCCCCCCCCCCCCCCCCCCCCC. The van der Waals surface area contributed by atoms with Crippen molar-refractivity contribution in [2.45, 2.75) is 367 Å². The largest absolute Gasteiger partial charge is 0.462 e. The molecule has 5 nitrogen and oxygen atoms in total. The van der Waals surface area contributed by atoms with Gasteiger partial charge in [0.2, 0.25) is 0 Å². The van der Waals surface area contributed by atoms with E-state index in [2.05, 4.69) is 135 Å². The third kappa shape index (κ3) is 72.8. The van der Waals surface area contributed by atoms with Crippen LogP contribution >= 0.6 is 0 Å². The number of allylic oxidation sites excluding steroid dienone is 20. The molecule has 0 fully saturated rings. The minimum atomic E-state index is -0.784. The van der Waals surface area contributed by atoms with Crippen molar-refractivity contribution in [2.24, 2.45) is 0 Å². The number of hydrogen-bond donors (Lipinski definition) is 1. The van der Waals surface area contributed by atoms with Crippen LogP contribution in [0.4, 0.5) is 0 Å². The predicted molar refractivity (Wildman–Crippen MR) is 380 cm³/mol. The fraction of sp³-hybridized carbons (Fsp3) is 0.728. The van der Waals surface area contributed by atoms with Gasteiger partial charge in [0.1, 0.15) is 6.61 Å². The van der Waals surface area contributed by atoms with Gasteiger partial charge in [-0.15, -0.1) is 0 Å². The summed E-state index contributed by atoms with van der Waals surface area (Å²) in [7, 11) is 0. The number of ether oxygens (including phenoxy) is 2. The zero-order chi connectivity index (χ0) is 61.9. The Bertz CT molecular complexity index is 1690. The third-order valence-corrected chi connectivity index (χ3v) is 16.3. The molecule has 0 saturated heterocycles. The van der Waals surface area contributed by atoms with Crippen LogP contribution < -0.4 is 0 Å². The van der Waals surface area contributed by atoms with E-state index in [0.29, 0.717) is 12.8 Å². The molecule has 0 rings (SSSR count). The number of aliphatic hydroxyl groups excluding tert-OH is 1. The van der Waals surface area contributed by atoms with Crippen LogP contribution in [0.2, 0.25) is 0 Å². The minimum absolute atomic E-state index is 0.0713. The summed E-state index contributed by atoms with van der Waals surface area (Å²) in [5.74, 6) is -0.591. The van der Waals surface area contributed by atoms with Crippen molar-refractivity contribution in [3.63, 3.8) is 0 Å². The van der Waals surface area contributed by atoms with Gasteiger partial charge in [-0.2, -0.15) is 0 Å². The Balaban J connectivity index is 3.50. The van der Waals surface area contributed by atoms with Crippen LogP contribution in [0.3, 0.4) is 0 Å². The molecule has 1 atom stereocenters. The van der Waals surface area contributed by atoms with Crippen LogP contribution in [0, 0.1) is 0 Å². The summed E-state index contributed by atoms with van der Waals surface area (Å²) in [6.45, 7) is 4.06. The van der Waals surface area contributed by atoms with Gasteiger partial charge < -0.3 is 14.6 Å². The van der Waals surface area contributed by atoms with Crippen molar-refractivity contribution in [1.29, 1.82) is 0 Å². The number of carbonyl (C=O) groups is 2. The van der Waals surface area contributed by atoms with E-state index in [1.165, 1.54) is 225 Å². The number of carbonyl (C=O) groups excluding carboxylic acids is 2. The summed E-state index contributed by atoms with van der Waals surface area (Å²) in [5.41, 5.74) is 0. The Kier molecular flexibility index (Phi) is 72.3. The number of aliphatic hydroxyl groups is 1. The molecule has 0 aromatic carbocycles. The normalized spacial score (nSPS) is 12.9. The van der Waals surface area contributed by atoms with Gasteiger partial charge in [-0.3, -0.25) is 9.59 Å². The van der Waals surface area contributed by atoms with E-state index in [1.807, 2.05) is 0 Å². The molecule has 0 amide bonds. The molecule has 0 bridgehead atoms. The smallest absolute Gasteiger partial charge is 0.306 e. The van der Waals surface area contributed by atoms with Gasteiger partial charge in [-0.1, -0.05) is 379 Å². The summed E-state index contributed by atoms with van der Waals surface area (Å²) in [4.78, 5) is 24.7. The molecule has 0 spiro atoms. The summed E-state index contributed by atoms with van der Waals surface area (Å²) in [6, 6.07) is 0. The summed E-state index contributed by atoms with van der Waals surface area (Å²) < 4.78 is 10.8. The molecule has 0 aliphatic rings. The maximum absolute atomic E-state index is 12.4. The Labute approximate surface area is 534 Å². The molecule has 86 heavy (non-hydrogen) atoms. The second kappa shape index (κ2) is 75.5. The fourth-order valence-corrected chi connectivity index (χ4v) is 10.8. The van der Waals surface area contributed by atoms with Crippen molar-refractivity contribution in [2.75, 3.05) is 13.2 Å². The zero-order valence-corrected chi connectivity index (χ0v) is 56.8. The van der Waals surface area contributed by atoms with E-state index < -0.39 is 6.10 Å². The van der Waals surface area contributed by atoms with E-state index in [-0.39, 0.29) is 25.2 Å². The van der Waals surface area contributed by atoms with E-state index in [4.69, 9.17) is 9.47 Å². The van der Waals surface area contributed by atoms with E-state index >= 15 is 0 Å². The molecule has 494 valence electrons. The van der Waals surface area contributed by atoms with Gasteiger partial charge in [-0.05, 0) is 89.9 Å². The molecular weight excluding hydrogens is 1050 g/mol. The lowest BCUT2D eigenvalue weighted by molar-refractivity contribution is -0.161. The number of rotatable bonds is 68. The summed E-state index contributed by atoms with van der Waals surface area (Å²) in [5, 5.41) is 9.71. The highest BCUT2D eigenvalue weighted by Gasteiger charge is 2.16. The molecule has 5 heteroatoms. The number of hydrogen-bond acceptors (Lipinski definition) is 5. The van der Waals surface area contributed by atoms with Crippen LogP contribution in [0.25, 0.3) is 0 Å². The first-order valence-electron chi connectivity index (χ1n) is 37.1. The van der Waals surface area contributed by atoms with Gasteiger partial charge >= 0.3 is 11.9 Å². The topological polar surface area (TPSA) is 72.8 Å². The van der Waals surface area contributed by atoms with Gasteiger partial charge in [0.05, 0.1) is 6.61 Å². The maximum Gasteiger partial charge on any atom is 0.306 e. The molecule has 0 aliphatic heterocycles. The Morgan fingerprint density at radius 3 is 0.756 bits per heavy atom. The molecular formula is C81H140O5. The minimum Gasteiger partial charge on any atom is -0.462 e. The van der Waals surface area contributed by atoms with Gasteiger partial charge in [0, 0.05) is 12.8 Å². The molecule has 0 aromatic heterocycles. The van der Waals surface area contributed by atoms with Crippen LogP contribution in [-0.4, -0.2) is 36.4 Å². The standard InChI is InChI=1S/C81H140O5/c1-3-5-7-9-11-13-15-17-19-21-23-25-27-29-31-33-35-37-38-39-40-41-42-44-46-48-50-52-54-56-58-60-62-64-66-68-70-72-74-76-81(84)86-79(77-82)78-85-80(83)75-73-71-69-67-65-63-61-59-57-55-53-51-49-47-45-43-36-34-32-30-28-26-24-22-20-18-16-14-12-10-8-6-4-2/h5,7,11,13,17,19,23,25,29,31,35,37,39-40,42,44,48,50,54,56,79,82H,3-4,6,8-10,12,14-16,18,20-22,24,26-28,30,32-34,36,38,41,43,45-47,49,51-53,55,57-78H2,1-2H3/b7-5-,13-11-,19-17-,25-23-,31-29-,37-35-,40-39-,44-42-,50-48-,56-54-. The van der Waals surface area contributed by atoms with E-state index in [9.17, 15) is 14.7 Å². The molecule has 0 heterocycles. The highest BCUT2D eigenvalue weighted by atomic mass is 16.6. The Morgan fingerprint density at radius 1 is 0.279 bits per heavy atom. The maximum atomic E-state index is 12.4. The average Bonchev–Trinajstić information content (AvgIpc) is 3.55. The first-order chi connectivity index (χ1) is 42.6. The lowest BCUT2D eigenvalue weighted by Crippen LogP contribution is -2.28. The quantitative estimate of drug-likeness (QED) is 0.0373. The molecule has 0 saturated carbocycles. The van der Waals surface area contributed by atoms with Crippen LogP contribution in [0.5, 0.6) is 0 Å². The summed E-state index contributed by atoms with van der Waals surface area (Å²) in [6.07, 6.45) is 111. The lowest BCUT2D eigenvalue weighted by Gasteiger charge is -2.15. The van der Waals surface area contributed by atoms with Crippen LogP contribution in [0.15, 0.2) is 122 Å². The van der Waals surface area contributed by atoms with Gasteiger partial charge in [0.15, 0.2) is 6.10 Å². The highest BCUT2D eigenvalue weighted by molar-refractivity contribution is 5.70. The number of esters is 2. The van der Waals surface area contributed by atoms with E-state index in [0.717, 1.165) is 109 Å².